The summed E-state index contributed by atoms with van der Waals surface area (Å²) in [4.78, 5) is 15.8. The number of nitrogens with one attached hydrogen (secondary N) is 1. The van der Waals surface area contributed by atoms with E-state index in [1.54, 1.807) is 17.4 Å². The van der Waals surface area contributed by atoms with E-state index in [4.69, 9.17) is 4.52 Å². The van der Waals surface area contributed by atoms with Crippen molar-refractivity contribution in [2.75, 3.05) is 19.6 Å². The Labute approximate surface area is 147 Å². The van der Waals surface area contributed by atoms with Gasteiger partial charge in [0, 0.05) is 24.7 Å². The maximum Gasteiger partial charge on any atom is 0.273 e. The van der Waals surface area contributed by atoms with Crippen LogP contribution in [0.15, 0.2) is 28.1 Å². The van der Waals surface area contributed by atoms with Crippen molar-refractivity contribution in [1.29, 1.82) is 0 Å². The van der Waals surface area contributed by atoms with Gasteiger partial charge in [-0.05, 0) is 50.6 Å². The molecule has 1 atom stereocenters. The highest BCUT2D eigenvalue weighted by Gasteiger charge is 2.30. The van der Waals surface area contributed by atoms with Gasteiger partial charge in [0.05, 0.1) is 4.88 Å². The van der Waals surface area contributed by atoms with Gasteiger partial charge in [-0.25, -0.2) is 0 Å². The average Bonchev–Trinajstić information content (AvgIpc) is 3.23. The normalized spacial score (nSPS) is 19.4. The van der Waals surface area contributed by atoms with Crippen molar-refractivity contribution in [3.63, 3.8) is 0 Å². The Kier molecular flexibility index (Phi) is 5.06. The van der Waals surface area contributed by atoms with Gasteiger partial charge in [-0.1, -0.05) is 18.1 Å². The van der Waals surface area contributed by atoms with Gasteiger partial charge in [0.15, 0.2) is 11.5 Å². The summed E-state index contributed by atoms with van der Waals surface area (Å²) in [5.41, 5.74) is 0.270. The molecule has 6 heteroatoms. The second-order valence-electron chi connectivity index (χ2n) is 7.24. The smallest absolute Gasteiger partial charge is 0.273 e. The Hall–Kier alpha value is -1.66. The zero-order chi connectivity index (χ0) is 17.2. The van der Waals surface area contributed by atoms with Crippen LogP contribution in [-0.2, 0) is 0 Å². The Morgan fingerprint density at radius 2 is 2.38 bits per heavy atom. The second kappa shape index (κ2) is 7.07. The number of nitrogens with zero attached hydrogens (tertiary/aromatic N) is 2. The summed E-state index contributed by atoms with van der Waals surface area (Å²) in [6.07, 6.45) is 2.52. The third-order valence-electron chi connectivity index (χ3n) is 4.70. The van der Waals surface area contributed by atoms with E-state index in [-0.39, 0.29) is 11.4 Å². The monoisotopic (exact) mass is 347 g/mol. The molecule has 24 heavy (non-hydrogen) atoms. The van der Waals surface area contributed by atoms with Crippen molar-refractivity contribution >= 4 is 17.2 Å². The summed E-state index contributed by atoms with van der Waals surface area (Å²) in [5.74, 6) is 1.18. The van der Waals surface area contributed by atoms with Crippen LogP contribution in [0.25, 0.3) is 10.6 Å². The van der Waals surface area contributed by atoms with E-state index < -0.39 is 0 Å². The highest BCUT2D eigenvalue weighted by molar-refractivity contribution is 7.13. The van der Waals surface area contributed by atoms with Crippen LogP contribution in [0.1, 0.15) is 44.1 Å². The number of hydrogen-bond donors (Lipinski definition) is 1. The molecule has 0 aromatic carbocycles. The predicted octanol–water partition coefficient (Wildman–Crippen LogP) is 3.64. The zero-order valence-corrected chi connectivity index (χ0v) is 15.4. The van der Waals surface area contributed by atoms with Crippen molar-refractivity contribution in [1.82, 2.24) is 15.4 Å². The fourth-order valence-corrected chi connectivity index (χ4v) is 3.83. The van der Waals surface area contributed by atoms with Crippen molar-refractivity contribution < 1.29 is 9.32 Å². The molecule has 0 spiro atoms. The topological polar surface area (TPSA) is 58.4 Å². The average molecular weight is 347 g/mol. The largest absolute Gasteiger partial charge is 0.355 e. The number of thiophene rings is 1. The first-order valence-corrected chi connectivity index (χ1v) is 9.37. The summed E-state index contributed by atoms with van der Waals surface area (Å²) in [6.45, 7) is 9.45. The summed E-state index contributed by atoms with van der Waals surface area (Å²) in [7, 11) is 0. The van der Waals surface area contributed by atoms with E-state index in [2.05, 4.69) is 36.1 Å². The Morgan fingerprint density at radius 1 is 1.54 bits per heavy atom. The number of rotatable bonds is 5. The third kappa shape index (κ3) is 3.87. The molecule has 0 saturated carbocycles. The van der Waals surface area contributed by atoms with Crippen LogP contribution in [0.3, 0.4) is 0 Å². The number of likely N-dealkylation sites (tertiary alicyclic amines) is 1. The van der Waals surface area contributed by atoms with E-state index in [1.807, 2.05) is 17.5 Å². The van der Waals surface area contributed by atoms with E-state index in [0.717, 1.165) is 23.9 Å². The molecule has 1 aliphatic rings. The first-order chi connectivity index (χ1) is 11.5. The lowest BCUT2D eigenvalue weighted by Gasteiger charge is -2.43. The number of piperidine rings is 1. The minimum absolute atomic E-state index is 0.0648. The van der Waals surface area contributed by atoms with Crippen LogP contribution in [0, 0.1) is 5.92 Å². The molecule has 1 N–H and O–H groups in total. The molecule has 1 fully saturated rings. The molecule has 1 saturated heterocycles. The number of amides is 1. The van der Waals surface area contributed by atoms with E-state index >= 15 is 0 Å². The number of aromatic nitrogens is 1. The van der Waals surface area contributed by atoms with Gasteiger partial charge in [-0.15, -0.1) is 11.3 Å². The molecular weight excluding hydrogens is 322 g/mol. The first-order valence-electron chi connectivity index (χ1n) is 8.49. The van der Waals surface area contributed by atoms with Gasteiger partial charge in [-0.2, -0.15) is 0 Å². The molecule has 0 radical (unpaired) electrons. The Balaban J connectivity index is 1.58. The molecule has 5 nitrogen and oxygen atoms in total. The zero-order valence-electron chi connectivity index (χ0n) is 14.5. The van der Waals surface area contributed by atoms with Gasteiger partial charge in [-0.3, -0.25) is 9.69 Å². The summed E-state index contributed by atoms with van der Waals surface area (Å²) < 4.78 is 5.28. The van der Waals surface area contributed by atoms with Crippen LogP contribution >= 0.6 is 11.3 Å². The molecule has 3 rings (SSSR count). The van der Waals surface area contributed by atoms with Crippen LogP contribution in [0.2, 0.25) is 0 Å². The van der Waals surface area contributed by atoms with Crippen LogP contribution < -0.4 is 5.32 Å². The lowest BCUT2D eigenvalue weighted by molar-refractivity contribution is 0.0654. The fraction of sp³-hybridized carbons (Fsp3) is 0.556. The third-order valence-corrected chi connectivity index (χ3v) is 5.59. The molecule has 3 heterocycles. The van der Waals surface area contributed by atoms with Gasteiger partial charge < -0.3 is 9.84 Å². The van der Waals surface area contributed by atoms with Crippen molar-refractivity contribution in [3.8, 4) is 10.6 Å². The van der Waals surface area contributed by atoms with Crippen molar-refractivity contribution in [3.05, 3.63) is 29.3 Å². The van der Waals surface area contributed by atoms with Crippen molar-refractivity contribution in [2.24, 2.45) is 5.92 Å². The van der Waals surface area contributed by atoms with Gasteiger partial charge in [0.2, 0.25) is 0 Å². The SMILES string of the molecule is CC1CCCN(C(C)(C)CNC(=O)c2cc(-c3cccs3)on2)C1. The molecule has 2 aromatic rings. The van der Waals surface area contributed by atoms with Crippen LogP contribution in [0.5, 0.6) is 0 Å². The fourth-order valence-electron chi connectivity index (χ4n) is 3.16. The summed E-state index contributed by atoms with van der Waals surface area (Å²) >= 11 is 1.57. The Bertz CT molecular complexity index is 678. The van der Waals surface area contributed by atoms with E-state index in [9.17, 15) is 4.79 Å². The van der Waals surface area contributed by atoms with Crippen LogP contribution in [-0.4, -0.2) is 41.1 Å². The van der Waals surface area contributed by atoms with Gasteiger partial charge in [0.25, 0.3) is 5.91 Å². The van der Waals surface area contributed by atoms with E-state index in [1.165, 1.54) is 12.8 Å². The molecule has 1 aliphatic heterocycles. The maximum absolute atomic E-state index is 12.4. The number of carbonyl (C=O) groups excluding carboxylic acids is 1. The summed E-state index contributed by atoms with van der Waals surface area (Å²) in [6, 6.07) is 5.61. The molecule has 1 unspecified atom stereocenters. The second-order valence-corrected chi connectivity index (χ2v) is 8.19. The molecular formula is C18H25N3O2S. The molecule has 2 aromatic heterocycles. The molecule has 0 bridgehead atoms. The quantitative estimate of drug-likeness (QED) is 0.897. The maximum atomic E-state index is 12.4. The molecule has 0 aliphatic carbocycles. The van der Waals surface area contributed by atoms with Crippen LogP contribution in [0.4, 0.5) is 0 Å². The summed E-state index contributed by atoms with van der Waals surface area (Å²) in [5, 5.41) is 8.89. The minimum atomic E-state index is -0.181. The first kappa shape index (κ1) is 17.2. The highest BCUT2D eigenvalue weighted by atomic mass is 32.1. The number of hydrogen-bond acceptors (Lipinski definition) is 5. The van der Waals surface area contributed by atoms with Gasteiger partial charge in [0.1, 0.15) is 0 Å². The lowest BCUT2D eigenvalue weighted by atomic mass is 9.93. The Morgan fingerprint density at radius 3 is 3.08 bits per heavy atom. The molecule has 1 amide bonds. The van der Waals surface area contributed by atoms with E-state index in [0.29, 0.717) is 18.0 Å². The minimum Gasteiger partial charge on any atom is -0.355 e. The number of carbonyl (C=O) groups is 1. The highest BCUT2D eigenvalue weighted by Crippen LogP contribution is 2.26. The lowest BCUT2D eigenvalue weighted by Crippen LogP contribution is -2.54. The standard InChI is InChI=1S/C18H25N3O2S/c1-13-6-4-8-21(11-13)18(2,3)12-19-17(22)14-10-15(23-20-14)16-7-5-9-24-16/h5,7,9-10,13H,4,6,8,11-12H2,1-3H3,(H,19,22). The van der Waals surface area contributed by atoms with Crippen molar-refractivity contribution in [2.45, 2.75) is 39.2 Å². The molecule has 130 valence electrons. The predicted molar refractivity (Wildman–Crippen MR) is 96.2 cm³/mol. The van der Waals surface area contributed by atoms with Gasteiger partial charge >= 0.3 is 0 Å².